The molecule has 15 nitrogen and oxygen atoms in total. The van der Waals surface area contributed by atoms with E-state index < -0.39 is 105 Å². The van der Waals surface area contributed by atoms with Crippen LogP contribution in [-0.4, -0.2) is 156 Å². The number of aliphatic hydroxyl groups excluding tert-OH is 8. The third-order valence-electron chi connectivity index (χ3n) is 6.66. The maximum absolute atomic E-state index is 10.3. The molecule has 0 aromatic carbocycles. The lowest BCUT2D eigenvalue weighted by atomic mass is 9.94. The molecule has 3 heterocycles. The van der Waals surface area contributed by atoms with Gasteiger partial charge >= 0.3 is 0 Å². The second-order valence-corrected chi connectivity index (χ2v) is 9.16. The van der Waals surface area contributed by atoms with Gasteiger partial charge in [0.2, 0.25) is 5.79 Å². The van der Waals surface area contributed by atoms with Gasteiger partial charge in [-0.1, -0.05) is 6.92 Å². The molecule has 3 fully saturated rings. The van der Waals surface area contributed by atoms with Crippen LogP contribution in [0, 0.1) is 0 Å². The molecule has 0 aliphatic carbocycles. The van der Waals surface area contributed by atoms with E-state index in [2.05, 4.69) is 0 Å². The van der Waals surface area contributed by atoms with E-state index in [-0.39, 0.29) is 6.42 Å². The fourth-order valence-electron chi connectivity index (χ4n) is 4.28. The van der Waals surface area contributed by atoms with Crippen molar-refractivity contribution in [2.45, 2.75) is 112 Å². The number of ether oxygens (including phenoxy) is 5. The Balaban J connectivity index is 1.63. The third kappa shape index (κ3) is 5.79. The zero-order chi connectivity index (χ0) is 26.2. The standard InChI is InChI=1S/C20H36O15/c1-3-7-11(22)14(25)15(26)18(34-7)31-5-9-16(27)20(29,30)17(28)19(35-9)32-4-8-12(23)13(24)10(21)6(2)33-8/h6-19,21-30H,3-5H2,1-2H3/t6-,7?,8?,9?,10?,11-,12-,13+,14-,15?,16-,17?,18+,19+/m0/s1. The molecule has 10 N–H and O–H groups in total. The molecule has 3 saturated heterocycles. The molecule has 0 aromatic rings. The van der Waals surface area contributed by atoms with Crippen molar-refractivity contribution in [1.29, 1.82) is 0 Å². The van der Waals surface area contributed by atoms with Crippen molar-refractivity contribution >= 4 is 0 Å². The quantitative estimate of drug-likeness (QED) is 0.142. The molecule has 3 rings (SSSR count). The second kappa shape index (κ2) is 11.4. The first-order valence-electron chi connectivity index (χ1n) is 11.4. The molecule has 14 atom stereocenters. The van der Waals surface area contributed by atoms with Gasteiger partial charge in [0.25, 0.3) is 0 Å². The van der Waals surface area contributed by atoms with Gasteiger partial charge in [-0.25, -0.2) is 0 Å². The van der Waals surface area contributed by atoms with Crippen LogP contribution in [0.3, 0.4) is 0 Å². The Bertz CT molecular complexity index is 679. The van der Waals surface area contributed by atoms with Gasteiger partial charge in [0.15, 0.2) is 18.7 Å². The van der Waals surface area contributed by atoms with Crippen LogP contribution in [0.25, 0.3) is 0 Å². The monoisotopic (exact) mass is 516 g/mol. The number of hydrogen-bond donors (Lipinski definition) is 10. The third-order valence-corrected chi connectivity index (χ3v) is 6.66. The highest BCUT2D eigenvalue weighted by Gasteiger charge is 2.56. The van der Waals surface area contributed by atoms with Gasteiger partial charge in [-0.05, 0) is 13.3 Å². The van der Waals surface area contributed by atoms with Gasteiger partial charge in [-0.2, -0.15) is 0 Å². The molecule has 206 valence electrons. The molecule has 0 radical (unpaired) electrons. The minimum Gasteiger partial charge on any atom is -0.388 e. The second-order valence-electron chi connectivity index (χ2n) is 9.16. The summed E-state index contributed by atoms with van der Waals surface area (Å²) in [5, 5.41) is 101. The minimum atomic E-state index is -3.13. The van der Waals surface area contributed by atoms with Crippen molar-refractivity contribution in [3.63, 3.8) is 0 Å². The maximum atomic E-state index is 10.3. The van der Waals surface area contributed by atoms with Crippen molar-refractivity contribution < 1.29 is 74.7 Å². The van der Waals surface area contributed by atoms with Crippen molar-refractivity contribution in [1.82, 2.24) is 0 Å². The first-order valence-corrected chi connectivity index (χ1v) is 11.4. The van der Waals surface area contributed by atoms with Crippen molar-refractivity contribution in [2.24, 2.45) is 0 Å². The van der Waals surface area contributed by atoms with Crippen LogP contribution in [0.5, 0.6) is 0 Å². The molecule has 6 unspecified atom stereocenters. The van der Waals surface area contributed by atoms with E-state index in [1.807, 2.05) is 0 Å². The first-order chi connectivity index (χ1) is 16.3. The van der Waals surface area contributed by atoms with E-state index >= 15 is 0 Å². The summed E-state index contributed by atoms with van der Waals surface area (Å²) in [4.78, 5) is 0. The summed E-state index contributed by atoms with van der Waals surface area (Å²) in [6, 6.07) is 0. The number of rotatable bonds is 7. The molecule has 0 spiro atoms. The highest BCUT2D eigenvalue weighted by molar-refractivity contribution is 4.96. The average molecular weight is 516 g/mol. The van der Waals surface area contributed by atoms with Gasteiger partial charge in [-0.15, -0.1) is 0 Å². The van der Waals surface area contributed by atoms with Crippen LogP contribution in [0.4, 0.5) is 0 Å². The molecule has 15 heteroatoms. The van der Waals surface area contributed by atoms with Crippen LogP contribution in [-0.2, 0) is 23.7 Å². The fourth-order valence-corrected chi connectivity index (χ4v) is 4.28. The minimum absolute atomic E-state index is 0.283. The summed E-state index contributed by atoms with van der Waals surface area (Å²) in [6.07, 6.45) is -20.7. The molecule has 0 aromatic heterocycles. The highest BCUT2D eigenvalue weighted by atomic mass is 16.7. The molecule has 0 saturated carbocycles. The predicted molar refractivity (Wildman–Crippen MR) is 109 cm³/mol. The van der Waals surface area contributed by atoms with Crippen molar-refractivity contribution in [3.8, 4) is 0 Å². The normalized spacial score (nSPS) is 50.7. The Morgan fingerprint density at radius 3 is 1.74 bits per heavy atom. The number of aliphatic hydroxyl groups is 10. The predicted octanol–water partition coefficient (Wildman–Crippen LogP) is -5.77. The van der Waals surface area contributed by atoms with E-state index in [0.717, 1.165) is 0 Å². The topological polar surface area (TPSA) is 248 Å². The summed E-state index contributed by atoms with van der Waals surface area (Å²) >= 11 is 0. The smallest absolute Gasteiger partial charge is 0.224 e. The Labute approximate surface area is 200 Å². The van der Waals surface area contributed by atoms with Crippen molar-refractivity contribution in [3.05, 3.63) is 0 Å². The zero-order valence-electron chi connectivity index (χ0n) is 19.2. The highest BCUT2D eigenvalue weighted by Crippen LogP contribution is 2.31. The van der Waals surface area contributed by atoms with Gasteiger partial charge in [0.05, 0.1) is 25.4 Å². The Hall–Kier alpha value is -0.600. The summed E-state index contributed by atoms with van der Waals surface area (Å²) in [6.45, 7) is 1.99. The molecule has 3 aliphatic rings. The average Bonchev–Trinajstić information content (AvgIpc) is 2.83. The van der Waals surface area contributed by atoms with E-state index in [0.29, 0.717) is 0 Å². The molecule has 0 amide bonds. The fraction of sp³-hybridized carbons (Fsp3) is 1.00. The van der Waals surface area contributed by atoms with Crippen LogP contribution < -0.4 is 0 Å². The van der Waals surface area contributed by atoms with Crippen LogP contribution in [0.15, 0.2) is 0 Å². The lowest BCUT2D eigenvalue weighted by Gasteiger charge is -2.46. The lowest BCUT2D eigenvalue weighted by Crippen LogP contribution is -2.68. The molecule has 3 aliphatic heterocycles. The molecular weight excluding hydrogens is 480 g/mol. The maximum Gasteiger partial charge on any atom is 0.224 e. The molecule has 0 bridgehead atoms. The zero-order valence-corrected chi connectivity index (χ0v) is 19.2. The summed E-state index contributed by atoms with van der Waals surface area (Å²) in [7, 11) is 0. The Morgan fingerprint density at radius 1 is 0.600 bits per heavy atom. The summed E-state index contributed by atoms with van der Waals surface area (Å²) in [5.41, 5.74) is 0. The van der Waals surface area contributed by atoms with E-state index in [1.165, 1.54) is 6.92 Å². The Kier molecular flexibility index (Phi) is 9.45. The molecular formula is C20H36O15. The van der Waals surface area contributed by atoms with Gasteiger partial charge in [0.1, 0.15) is 54.9 Å². The molecule has 35 heavy (non-hydrogen) atoms. The number of hydrogen-bond acceptors (Lipinski definition) is 15. The van der Waals surface area contributed by atoms with Crippen LogP contribution in [0.2, 0.25) is 0 Å². The van der Waals surface area contributed by atoms with E-state index in [9.17, 15) is 51.1 Å². The lowest BCUT2D eigenvalue weighted by molar-refractivity contribution is -0.396. The Morgan fingerprint density at radius 2 is 1.11 bits per heavy atom. The first kappa shape index (κ1) is 29.0. The van der Waals surface area contributed by atoms with Gasteiger partial charge in [0, 0.05) is 0 Å². The van der Waals surface area contributed by atoms with Gasteiger partial charge in [-0.3, -0.25) is 0 Å². The summed E-state index contributed by atoms with van der Waals surface area (Å²) < 4.78 is 26.9. The van der Waals surface area contributed by atoms with Crippen molar-refractivity contribution in [2.75, 3.05) is 13.2 Å². The van der Waals surface area contributed by atoms with Crippen LogP contribution >= 0.6 is 0 Å². The van der Waals surface area contributed by atoms with E-state index in [1.54, 1.807) is 6.92 Å². The van der Waals surface area contributed by atoms with E-state index in [4.69, 9.17) is 23.7 Å². The summed E-state index contributed by atoms with van der Waals surface area (Å²) in [5.74, 6) is -3.13. The SMILES string of the molecule is CCC1O[C@@H](OCC2O[C@@H](OCC3O[C@@H](C)C(O)[C@@H](O)[C@H]3O)C(O)C(O)(O)[C@H]2O)C(O)[C@@H](O)[C@H]1O. The van der Waals surface area contributed by atoms with Gasteiger partial charge < -0.3 is 74.7 Å². The van der Waals surface area contributed by atoms with Crippen LogP contribution in [0.1, 0.15) is 20.3 Å². The largest absolute Gasteiger partial charge is 0.388 e.